The fourth-order valence-corrected chi connectivity index (χ4v) is 3.71. The number of carbonyl (C=O) groups excluding carboxylic acids is 3. The highest BCUT2D eigenvalue weighted by molar-refractivity contribution is 9.09. The van der Waals surface area contributed by atoms with E-state index in [9.17, 15) is 19.2 Å². The van der Waals surface area contributed by atoms with Crippen LogP contribution in [-0.2, 0) is 19.2 Å². The third-order valence-corrected chi connectivity index (χ3v) is 5.04. The summed E-state index contributed by atoms with van der Waals surface area (Å²) in [6.07, 6.45) is 1.21. The minimum Gasteiger partial charge on any atom is -0.477 e. The van der Waals surface area contributed by atoms with Gasteiger partial charge >= 0.3 is 5.97 Å². The number of thioether (sulfide) groups is 1. The summed E-state index contributed by atoms with van der Waals surface area (Å²) in [5.74, 6) is -2.45. The van der Waals surface area contributed by atoms with Crippen molar-refractivity contribution in [3.63, 3.8) is 0 Å². The molecule has 3 atom stereocenters. The van der Waals surface area contributed by atoms with Crippen LogP contribution in [0.1, 0.15) is 13.3 Å². The topological polar surface area (TPSA) is 104 Å². The van der Waals surface area contributed by atoms with Gasteiger partial charge in [-0.2, -0.15) is 0 Å². The number of carbonyl (C=O) groups is 4. The molecule has 2 unspecified atom stereocenters. The first kappa shape index (κ1) is 16.0. The second-order valence-corrected chi connectivity index (χ2v) is 6.75. The van der Waals surface area contributed by atoms with E-state index >= 15 is 0 Å². The molecule has 0 saturated carbocycles. The summed E-state index contributed by atoms with van der Waals surface area (Å²) in [6.45, 7) is 1.82. The van der Waals surface area contributed by atoms with Crippen LogP contribution in [-0.4, -0.2) is 55.6 Å². The Morgan fingerprint density at radius 1 is 1.48 bits per heavy atom. The summed E-state index contributed by atoms with van der Waals surface area (Å²) < 4.78 is 0. The predicted molar refractivity (Wildman–Crippen MR) is 78.8 cm³/mol. The van der Waals surface area contributed by atoms with Crippen LogP contribution in [0.4, 0.5) is 0 Å². The van der Waals surface area contributed by atoms with E-state index < -0.39 is 29.2 Å². The Morgan fingerprint density at radius 2 is 2.14 bits per heavy atom. The first-order chi connectivity index (χ1) is 9.85. The van der Waals surface area contributed by atoms with Gasteiger partial charge in [-0.25, -0.2) is 4.79 Å². The number of ketones is 1. The molecule has 1 saturated heterocycles. The Balaban J connectivity index is 2.05. The molecule has 0 bridgehead atoms. The normalized spacial score (nSPS) is 27.3. The number of hydrogen-bond donors (Lipinski definition) is 2. The first-order valence-electron chi connectivity index (χ1n) is 6.15. The van der Waals surface area contributed by atoms with Crippen LogP contribution in [0.5, 0.6) is 0 Å². The Hall–Kier alpha value is -1.35. The minimum absolute atomic E-state index is 0.0571. The smallest absolute Gasteiger partial charge is 0.352 e. The molecule has 2 rings (SSSR count). The summed E-state index contributed by atoms with van der Waals surface area (Å²) in [5.41, 5.74) is -0.0571. The van der Waals surface area contributed by atoms with E-state index in [1.54, 1.807) is 0 Å². The number of aliphatic carboxylic acids is 1. The second-order valence-electron chi connectivity index (χ2n) is 4.69. The third kappa shape index (κ3) is 3.13. The Morgan fingerprint density at radius 3 is 2.71 bits per heavy atom. The molecule has 1 fully saturated rings. The SMILES string of the molecule is CC1C=C(C(=O)O)N2C(=O)C(NC(=O)CC(=O)CBr)[C@@H]2S1. The fraction of sp³-hybridized carbons (Fsp3) is 0.500. The highest BCUT2D eigenvalue weighted by Gasteiger charge is 2.53. The van der Waals surface area contributed by atoms with E-state index in [2.05, 4.69) is 21.2 Å². The number of nitrogens with zero attached hydrogens (tertiary/aromatic N) is 1. The molecule has 0 aromatic rings. The number of carboxylic acid groups (broad SMARTS) is 1. The molecular weight excluding hydrogens is 364 g/mol. The summed E-state index contributed by atoms with van der Waals surface area (Å²) in [4.78, 5) is 47.2. The van der Waals surface area contributed by atoms with Crippen LogP contribution in [0.25, 0.3) is 0 Å². The van der Waals surface area contributed by atoms with Crippen LogP contribution in [0.15, 0.2) is 11.8 Å². The molecule has 2 amide bonds. The first-order valence-corrected chi connectivity index (χ1v) is 8.22. The molecular formula is C12H13BrN2O5S. The summed E-state index contributed by atoms with van der Waals surface area (Å²) in [6, 6.07) is -0.781. The Kier molecular flexibility index (Phi) is 4.72. The number of amides is 2. The summed E-state index contributed by atoms with van der Waals surface area (Å²) in [7, 11) is 0. The van der Waals surface area contributed by atoms with Crippen molar-refractivity contribution in [2.45, 2.75) is 30.0 Å². The molecule has 9 heteroatoms. The molecule has 114 valence electrons. The number of carboxylic acids is 1. The van der Waals surface area contributed by atoms with Crippen molar-refractivity contribution in [1.82, 2.24) is 10.2 Å². The quantitative estimate of drug-likeness (QED) is 0.400. The van der Waals surface area contributed by atoms with E-state index in [1.165, 1.54) is 22.7 Å². The molecule has 21 heavy (non-hydrogen) atoms. The van der Waals surface area contributed by atoms with Gasteiger partial charge in [0.1, 0.15) is 17.1 Å². The molecule has 2 aliphatic rings. The van der Waals surface area contributed by atoms with Gasteiger partial charge < -0.3 is 10.4 Å². The van der Waals surface area contributed by atoms with Crippen molar-refractivity contribution in [2.24, 2.45) is 0 Å². The molecule has 2 aliphatic heterocycles. The number of Topliss-reactive ketones (excluding diaryl/α,β-unsaturated/α-hetero) is 1. The second kappa shape index (κ2) is 6.18. The van der Waals surface area contributed by atoms with Gasteiger partial charge in [0, 0.05) is 5.25 Å². The number of fused-ring (bicyclic) bond motifs is 1. The van der Waals surface area contributed by atoms with Gasteiger partial charge in [-0.15, -0.1) is 11.8 Å². The molecule has 0 aromatic carbocycles. The van der Waals surface area contributed by atoms with E-state index in [4.69, 9.17) is 5.11 Å². The van der Waals surface area contributed by atoms with Gasteiger partial charge in [0.05, 0.1) is 11.8 Å². The highest BCUT2D eigenvalue weighted by Crippen LogP contribution is 2.40. The van der Waals surface area contributed by atoms with E-state index in [0.29, 0.717) is 0 Å². The fourth-order valence-electron chi connectivity index (χ4n) is 2.18. The summed E-state index contributed by atoms with van der Waals surface area (Å²) in [5, 5.41) is 11.2. The number of nitrogens with one attached hydrogen (secondary N) is 1. The Bertz CT molecular complexity index is 550. The molecule has 0 spiro atoms. The van der Waals surface area contributed by atoms with Crippen molar-refractivity contribution in [2.75, 3.05) is 5.33 Å². The number of rotatable bonds is 5. The van der Waals surface area contributed by atoms with E-state index in [-0.39, 0.29) is 28.5 Å². The van der Waals surface area contributed by atoms with Crippen molar-refractivity contribution in [3.05, 3.63) is 11.8 Å². The molecule has 7 nitrogen and oxygen atoms in total. The third-order valence-electron chi connectivity index (χ3n) is 3.09. The monoisotopic (exact) mass is 376 g/mol. The molecule has 0 radical (unpaired) electrons. The molecule has 0 aromatic heterocycles. The van der Waals surface area contributed by atoms with Crippen LogP contribution < -0.4 is 5.32 Å². The lowest BCUT2D eigenvalue weighted by molar-refractivity contribution is -0.150. The predicted octanol–water partition coefficient (Wildman–Crippen LogP) is 0.0974. The number of halogens is 1. The lowest BCUT2D eigenvalue weighted by atomic mass is 10.0. The van der Waals surface area contributed by atoms with E-state index in [0.717, 1.165) is 0 Å². The van der Waals surface area contributed by atoms with E-state index in [1.807, 2.05) is 6.92 Å². The van der Waals surface area contributed by atoms with Crippen molar-refractivity contribution < 1.29 is 24.3 Å². The van der Waals surface area contributed by atoms with Crippen LogP contribution >= 0.6 is 27.7 Å². The number of alkyl halides is 1. The average molecular weight is 377 g/mol. The maximum absolute atomic E-state index is 12.0. The average Bonchev–Trinajstić information content (AvgIpc) is 2.43. The lowest BCUT2D eigenvalue weighted by Crippen LogP contribution is -2.70. The maximum atomic E-state index is 12.0. The van der Waals surface area contributed by atoms with Gasteiger partial charge in [0.15, 0.2) is 5.78 Å². The van der Waals surface area contributed by atoms with Crippen molar-refractivity contribution >= 4 is 51.3 Å². The largest absolute Gasteiger partial charge is 0.477 e. The van der Waals surface area contributed by atoms with Crippen molar-refractivity contribution in [1.29, 1.82) is 0 Å². The zero-order valence-electron chi connectivity index (χ0n) is 11.0. The summed E-state index contributed by atoms with van der Waals surface area (Å²) >= 11 is 4.35. The minimum atomic E-state index is -1.17. The highest BCUT2D eigenvalue weighted by atomic mass is 79.9. The number of β-lactam (4-membered cyclic amide) rings is 1. The zero-order valence-corrected chi connectivity index (χ0v) is 13.4. The van der Waals surface area contributed by atoms with Gasteiger partial charge in [0.2, 0.25) is 5.91 Å². The maximum Gasteiger partial charge on any atom is 0.352 e. The van der Waals surface area contributed by atoms with Gasteiger partial charge in [0.25, 0.3) is 5.91 Å². The standard InChI is InChI=1S/C12H13BrN2O5S/c1-5-2-7(12(19)20)15-10(18)9(11(15)21-5)14-8(17)3-6(16)4-13/h2,5,9,11H,3-4H2,1H3,(H,14,17)(H,19,20)/t5?,9?,11-/m0/s1. The zero-order chi connectivity index (χ0) is 15.7. The van der Waals surface area contributed by atoms with Gasteiger partial charge in [-0.3, -0.25) is 19.3 Å². The Labute approximate surface area is 133 Å². The van der Waals surface area contributed by atoms with Crippen LogP contribution in [0.3, 0.4) is 0 Å². The van der Waals surface area contributed by atoms with Gasteiger partial charge in [-0.1, -0.05) is 15.9 Å². The van der Waals surface area contributed by atoms with Crippen molar-refractivity contribution in [3.8, 4) is 0 Å². The molecule has 0 aliphatic carbocycles. The lowest BCUT2D eigenvalue weighted by Gasteiger charge is -2.49. The molecule has 2 heterocycles. The number of hydrogen-bond acceptors (Lipinski definition) is 5. The van der Waals surface area contributed by atoms with Crippen LogP contribution in [0, 0.1) is 0 Å². The van der Waals surface area contributed by atoms with Gasteiger partial charge in [-0.05, 0) is 13.0 Å². The van der Waals surface area contributed by atoms with Crippen LogP contribution in [0.2, 0.25) is 0 Å². The molecule has 2 N–H and O–H groups in total.